The van der Waals surface area contributed by atoms with E-state index >= 15 is 0 Å². The number of nitrogens with two attached hydrogens (primary N) is 1. The van der Waals surface area contributed by atoms with Gasteiger partial charge in [0.05, 0.1) is 11.0 Å². The minimum absolute atomic E-state index is 0.0611. The highest BCUT2D eigenvalue weighted by Gasteiger charge is 2.51. The Hall–Kier alpha value is -1.85. The monoisotopic (exact) mass is 388 g/mol. The molecule has 2 aliphatic carbocycles. The van der Waals surface area contributed by atoms with E-state index in [9.17, 15) is 9.59 Å². The fraction of sp³-hybridized carbons (Fsp3) is 0.400. The van der Waals surface area contributed by atoms with Gasteiger partial charge < -0.3 is 11.1 Å². The van der Waals surface area contributed by atoms with Gasteiger partial charge in [0.2, 0.25) is 5.91 Å². The quantitative estimate of drug-likeness (QED) is 0.819. The molecule has 26 heavy (non-hydrogen) atoms. The van der Waals surface area contributed by atoms with E-state index in [1.165, 1.54) is 16.2 Å². The van der Waals surface area contributed by atoms with Crippen LogP contribution in [0.25, 0.3) is 0 Å². The lowest BCUT2D eigenvalue weighted by molar-refractivity contribution is -0.118. The Morgan fingerprint density at radius 2 is 1.96 bits per heavy atom. The molecule has 0 saturated heterocycles. The summed E-state index contributed by atoms with van der Waals surface area (Å²) in [7, 11) is 0. The van der Waals surface area contributed by atoms with Crippen LogP contribution in [-0.4, -0.2) is 11.8 Å². The fourth-order valence-corrected chi connectivity index (χ4v) is 5.40. The number of rotatable bonds is 4. The minimum Gasteiger partial charge on any atom is -0.365 e. The second-order valence-corrected chi connectivity index (χ2v) is 9.00. The van der Waals surface area contributed by atoms with Crippen LogP contribution in [0.2, 0.25) is 5.02 Å². The number of thiophene rings is 1. The van der Waals surface area contributed by atoms with E-state index in [-0.39, 0.29) is 5.91 Å². The summed E-state index contributed by atoms with van der Waals surface area (Å²) in [5, 5.41) is 4.29. The lowest BCUT2D eigenvalue weighted by atomic mass is 9.88. The van der Waals surface area contributed by atoms with Crippen LogP contribution in [-0.2, 0) is 23.1 Å². The SMILES string of the molecule is C[C@H]1CCc2c(sc(NC(=O)C3(c4ccc(Cl)cc4)CC3)c2C(N)=O)C1. The van der Waals surface area contributed by atoms with E-state index in [0.29, 0.717) is 21.5 Å². The maximum Gasteiger partial charge on any atom is 0.251 e. The maximum atomic E-state index is 13.0. The average Bonchev–Trinajstić information content (AvgIpc) is 3.32. The van der Waals surface area contributed by atoms with Crippen molar-refractivity contribution in [2.45, 2.75) is 44.4 Å². The van der Waals surface area contributed by atoms with E-state index in [0.717, 1.165) is 43.2 Å². The van der Waals surface area contributed by atoms with Crippen LogP contribution < -0.4 is 11.1 Å². The van der Waals surface area contributed by atoms with E-state index in [1.54, 1.807) is 0 Å². The highest BCUT2D eigenvalue weighted by Crippen LogP contribution is 2.50. The first kappa shape index (κ1) is 17.6. The minimum atomic E-state index is -0.517. The second kappa shape index (κ2) is 6.39. The number of primary amides is 1. The molecule has 0 radical (unpaired) electrons. The maximum absolute atomic E-state index is 13.0. The first-order chi connectivity index (χ1) is 12.4. The molecular weight excluding hydrogens is 368 g/mol. The van der Waals surface area contributed by atoms with Gasteiger partial charge in [-0.15, -0.1) is 11.3 Å². The Bertz CT molecular complexity index is 884. The van der Waals surface area contributed by atoms with Gasteiger partial charge >= 0.3 is 0 Å². The van der Waals surface area contributed by atoms with Crippen LogP contribution in [0.4, 0.5) is 5.00 Å². The summed E-state index contributed by atoms with van der Waals surface area (Å²) in [6.45, 7) is 2.21. The zero-order chi connectivity index (χ0) is 18.5. The predicted octanol–water partition coefficient (Wildman–Crippen LogP) is 4.30. The number of nitrogens with one attached hydrogen (secondary N) is 1. The van der Waals surface area contributed by atoms with Crippen molar-refractivity contribution in [2.24, 2.45) is 11.7 Å². The molecule has 1 atom stereocenters. The molecule has 1 saturated carbocycles. The number of carbonyl (C=O) groups excluding carboxylic acids is 2. The van der Waals surface area contributed by atoms with Crippen LogP contribution in [0.3, 0.4) is 0 Å². The normalized spacial score (nSPS) is 20.3. The molecule has 1 aromatic carbocycles. The molecule has 1 aromatic heterocycles. The van der Waals surface area contributed by atoms with Crippen molar-refractivity contribution in [1.82, 2.24) is 0 Å². The Morgan fingerprint density at radius 3 is 2.58 bits per heavy atom. The summed E-state index contributed by atoms with van der Waals surface area (Å²) in [5.74, 6) is 0.0759. The molecule has 2 aliphatic rings. The Balaban J connectivity index is 1.64. The number of anilines is 1. The second-order valence-electron chi connectivity index (χ2n) is 7.46. The molecule has 1 heterocycles. The zero-order valence-electron chi connectivity index (χ0n) is 14.6. The van der Waals surface area contributed by atoms with E-state index in [2.05, 4.69) is 12.2 Å². The summed E-state index contributed by atoms with van der Waals surface area (Å²) in [5.41, 5.74) is 7.64. The van der Waals surface area contributed by atoms with Crippen molar-refractivity contribution in [3.05, 3.63) is 50.9 Å². The van der Waals surface area contributed by atoms with Gasteiger partial charge in [0, 0.05) is 9.90 Å². The predicted molar refractivity (Wildman–Crippen MR) is 105 cm³/mol. The van der Waals surface area contributed by atoms with E-state index in [4.69, 9.17) is 17.3 Å². The van der Waals surface area contributed by atoms with E-state index < -0.39 is 11.3 Å². The topological polar surface area (TPSA) is 72.2 Å². The standard InChI is InChI=1S/C20H21ClN2O2S/c1-11-2-7-14-15(10-11)26-18(16(14)17(22)24)23-19(25)20(8-9-20)12-3-5-13(21)6-4-12/h3-6,11H,2,7-10H2,1H3,(H2,22,24)(H,23,25)/t11-/m0/s1. The lowest BCUT2D eigenvalue weighted by Crippen LogP contribution is -2.28. The summed E-state index contributed by atoms with van der Waals surface area (Å²) in [4.78, 5) is 26.3. The van der Waals surface area contributed by atoms with Crippen molar-refractivity contribution in [1.29, 1.82) is 0 Å². The molecule has 6 heteroatoms. The van der Waals surface area contributed by atoms with Crippen molar-refractivity contribution >= 4 is 39.8 Å². The van der Waals surface area contributed by atoms with Crippen LogP contribution in [0.1, 0.15) is 52.5 Å². The molecular formula is C20H21ClN2O2S. The lowest BCUT2D eigenvalue weighted by Gasteiger charge is -2.18. The van der Waals surface area contributed by atoms with Gasteiger partial charge in [-0.3, -0.25) is 9.59 Å². The van der Waals surface area contributed by atoms with Crippen molar-refractivity contribution < 1.29 is 9.59 Å². The Morgan fingerprint density at radius 1 is 1.27 bits per heavy atom. The molecule has 0 aliphatic heterocycles. The number of benzene rings is 1. The van der Waals surface area contributed by atoms with E-state index in [1.807, 2.05) is 24.3 Å². The Labute approximate surface area is 161 Å². The third kappa shape index (κ3) is 2.93. The smallest absolute Gasteiger partial charge is 0.251 e. The molecule has 136 valence electrons. The first-order valence-corrected chi connectivity index (χ1v) is 10.1. The van der Waals surface area contributed by atoms with Crippen LogP contribution in [0, 0.1) is 5.92 Å². The van der Waals surface area contributed by atoms with Gasteiger partial charge in [-0.05, 0) is 61.3 Å². The molecule has 4 rings (SSSR count). The van der Waals surface area contributed by atoms with Crippen LogP contribution >= 0.6 is 22.9 Å². The van der Waals surface area contributed by atoms with Gasteiger partial charge in [-0.2, -0.15) is 0 Å². The van der Waals surface area contributed by atoms with Crippen molar-refractivity contribution in [3.8, 4) is 0 Å². The van der Waals surface area contributed by atoms with Crippen molar-refractivity contribution in [3.63, 3.8) is 0 Å². The number of carbonyl (C=O) groups is 2. The largest absolute Gasteiger partial charge is 0.365 e. The summed E-state index contributed by atoms with van der Waals surface area (Å²) < 4.78 is 0. The fourth-order valence-electron chi connectivity index (χ4n) is 3.86. The molecule has 2 aromatic rings. The summed E-state index contributed by atoms with van der Waals surface area (Å²) in [6.07, 6.45) is 4.44. The number of amides is 2. The third-order valence-electron chi connectivity index (χ3n) is 5.57. The third-order valence-corrected chi connectivity index (χ3v) is 6.99. The first-order valence-electron chi connectivity index (χ1n) is 8.92. The summed E-state index contributed by atoms with van der Waals surface area (Å²) in [6, 6.07) is 7.44. The molecule has 0 bridgehead atoms. The molecule has 0 unspecified atom stereocenters. The van der Waals surface area contributed by atoms with Gasteiger partial charge in [0.25, 0.3) is 5.91 Å². The molecule has 0 spiro atoms. The van der Waals surface area contributed by atoms with Gasteiger partial charge in [0.15, 0.2) is 0 Å². The number of halogens is 1. The highest BCUT2D eigenvalue weighted by molar-refractivity contribution is 7.17. The number of hydrogen-bond acceptors (Lipinski definition) is 3. The van der Waals surface area contributed by atoms with Gasteiger partial charge in [-0.25, -0.2) is 0 Å². The summed E-state index contributed by atoms with van der Waals surface area (Å²) >= 11 is 7.48. The van der Waals surface area contributed by atoms with Gasteiger partial charge in [0.1, 0.15) is 5.00 Å². The molecule has 3 N–H and O–H groups in total. The molecule has 1 fully saturated rings. The van der Waals surface area contributed by atoms with Crippen LogP contribution in [0.5, 0.6) is 0 Å². The number of fused-ring (bicyclic) bond motifs is 1. The molecule has 2 amide bonds. The average molecular weight is 389 g/mol. The Kier molecular flexibility index (Phi) is 4.32. The van der Waals surface area contributed by atoms with Gasteiger partial charge in [-0.1, -0.05) is 30.7 Å². The highest BCUT2D eigenvalue weighted by atomic mass is 35.5. The van der Waals surface area contributed by atoms with Crippen LogP contribution in [0.15, 0.2) is 24.3 Å². The molecule has 4 nitrogen and oxygen atoms in total. The number of hydrogen-bond donors (Lipinski definition) is 2. The van der Waals surface area contributed by atoms with Crippen molar-refractivity contribution in [2.75, 3.05) is 5.32 Å². The zero-order valence-corrected chi connectivity index (χ0v) is 16.2.